The molecule has 0 aliphatic heterocycles. The third-order valence-corrected chi connectivity index (χ3v) is 3.54. The Kier molecular flexibility index (Phi) is 4.57. The molecular weight excluding hydrogens is 232 g/mol. The lowest BCUT2D eigenvalue weighted by atomic mass is 9.90. The van der Waals surface area contributed by atoms with Crippen molar-refractivity contribution in [3.8, 4) is 0 Å². The molecule has 0 saturated heterocycles. The molecule has 0 fully saturated rings. The first-order chi connectivity index (χ1) is 8.33. The molecule has 0 saturated carbocycles. The van der Waals surface area contributed by atoms with Crippen molar-refractivity contribution in [2.24, 2.45) is 0 Å². The second-order valence-corrected chi connectivity index (χ2v) is 4.82. The zero-order valence-corrected chi connectivity index (χ0v) is 11.0. The Morgan fingerprint density at radius 1 is 1.47 bits per heavy atom. The van der Waals surface area contributed by atoms with Crippen LogP contribution in [0, 0.1) is 0 Å². The average Bonchev–Trinajstić information content (AvgIpc) is 2.38. The van der Waals surface area contributed by atoms with Gasteiger partial charge in [0.15, 0.2) is 0 Å². The highest BCUT2D eigenvalue weighted by molar-refractivity contribution is 6.31. The molecule has 2 rings (SSSR count). The van der Waals surface area contributed by atoms with Crippen LogP contribution < -0.4 is 5.32 Å². The summed E-state index contributed by atoms with van der Waals surface area (Å²) >= 11 is 6.24. The number of pyridine rings is 1. The normalized spacial score (nSPS) is 17.6. The van der Waals surface area contributed by atoms with Crippen molar-refractivity contribution in [1.82, 2.24) is 10.3 Å². The van der Waals surface area contributed by atoms with Gasteiger partial charge in [0, 0.05) is 12.4 Å². The molecule has 92 valence electrons. The van der Waals surface area contributed by atoms with E-state index in [-0.39, 0.29) is 6.04 Å². The third-order valence-electron chi connectivity index (χ3n) is 3.22. The monoisotopic (exact) mass is 250 g/mol. The fraction of sp³-hybridized carbons (Fsp3) is 0.500. The Morgan fingerprint density at radius 2 is 2.35 bits per heavy atom. The summed E-state index contributed by atoms with van der Waals surface area (Å²) in [6.45, 7) is 3.08. The number of halogens is 1. The van der Waals surface area contributed by atoms with Gasteiger partial charge in [0.2, 0.25) is 0 Å². The van der Waals surface area contributed by atoms with E-state index >= 15 is 0 Å². The fourth-order valence-electron chi connectivity index (χ4n) is 2.39. The highest BCUT2D eigenvalue weighted by atomic mass is 35.5. The molecule has 1 atom stereocenters. The Labute approximate surface area is 108 Å². The molecule has 1 aromatic rings. The predicted octanol–water partition coefficient (Wildman–Crippen LogP) is 3.89. The molecule has 1 N–H and O–H groups in total. The van der Waals surface area contributed by atoms with Crippen LogP contribution in [-0.2, 0) is 0 Å². The van der Waals surface area contributed by atoms with E-state index in [0.717, 1.165) is 17.1 Å². The minimum absolute atomic E-state index is 0.260. The summed E-state index contributed by atoms with van der Waals surface area (Å²) < 4.78 is 0. The third kappa shape index (κ3) is 3.08. The second kappa shape index (κ2) is 6.18. The summed E-state index contributed by atoms with van der Waals surface area (Å²) in [5.41, 5.74) is 2.63. The summed E-state index contributed by atoms with van der Waals surface area (Å²) in [6, 6.07) is 2.28. The van der Waals surface area contributed by atoms with Crippen molar-refractivity contribution in [2.45, 2.75) is 38.6 Å². The highest BCUT2D eigenvalue weighted by Gasteiger charge is 2.19. The van der Waals surface area contributed by atoms with E-state index < -0.39 is 0 Å². The Bertz CT molecular complexity index is 401. The molecule has 0 spiro atoms. The maximum absolute atomic E-state index is 6.24. The van der Waals surface area contributed by atoms with Gasteiger partial charge < -0.3 is 5.32 Å². The van der Waals surface area contributed by atoms with E-state index in [1.165, 1.54) is 31.3 Å². The molecule has 1 aromatic heterocycles. The number of hydrogen-bond donors (Lipinski definition) is 1. The molecule has 0 radical (unpaired) electrons. The van der Waals surface area contributed by atoms with Gasteiger partial charge in [0.25, 0.3) is 0 Å². The number of aromatic nitrogens is 1. The van der Waals surface area contributed by atoms with Gasteiger partial charge >= 0.3 is 0 Å². The molecule has 1 aliphatic rings. The number of likely N-dealkylation sites (N-methyl/N-ethyl adjacent to an activating group) is 1. The van der Waals surface area contributed by atoms with Crippen molar-refractivity contribution < 1.29 is 0 Å². The summed E-state index contributed by atoms with van der Waals surface area (Å²) in [4.78, 5) is 4.05. The molecule has 17 heavy (non-hydrogen) atoms. The smallest absolute Gasteiger partial charge is 0.0640 e. The molecule has 1 heterocycles. The van der Waals surface area contributed by atoms with Gasteiger partial charge in [-0.05, 0) is 43.9 Å². The zero-order valence-electron chi connectivity index (χ0n) is 10.2. The van der Waals surface area contributed by atoms with E-state index in [2.05, 4.69) is 23.3 Å². The number of allylic oxidation sites excluding steroid dienone is 1. The van der Waals surface area contributed by atoms with Gasteiger partial charge in [0.1, 0.15) is 0 Å². The molecule has 1 aliphatic carbocycles. The lowest BCUT2D eigenvalue weighted by Crippen LogP contribution is -2.24. The molecular formula is C14H19ClN2. The quantitative estimate of drug-likeness (QED) is 0.821. The lowest BCUT2D eigenvalue weighted by molar-refractivity contribution is 0.563. The van der Waals surface area contributed by atoms with Gasteiger partial charge in [-0.3, -0.25) is 4.98 Å². The molecule has 0 amide bonds. The standard InChI is InChI=1S/C14H19ClN2/c1-2-17-14(11-6-4-3-5-7-11)12-8-9-16-10-13(12)15/h6,8-10,14,17H,2-5,7H2,1H3. The average molecular weight is 251 g/mol. The predicted molar refractivity (Wildman–Crippen MR) is 72.2 cm³/mol. The van der Waals surface area contributed by atoms with Crippen LogP contribution in [0.2, 0.25) is 5.02 Å². The number of hydrogen-bond acceptors (Lipinski definition) is 2. The first-order valence-corrected chi connectivity index (χ1v) is 6.72. The topological polar surface area (TPSA) is 24.9 Å². The van der Waals surface area contributed by atoms with Crippen LogP contribution in [0.5, 0.6) is 0 Å². The molecule has 2 nitrogen and oxygen atoms in total. The minimum atomic E-state index is 0.260. The van der Waals surface area contributed by atoms with Crippen LogP contribution in [0.4, 0.5) is 0 Å². The number of nitrogens with zero attached hydrogens (tertiary/aromatic N) is 1. The van der Waals surface area contributed by atoms with Crippen molar-refractivity contribution in [3.63, 3.8) is 0 Å². The summed E-state index contributed by atoms with van der Waals surface area (Å²) in [5, 5.41) is 4.28. The van der Waals surface area contributed by atoms with Crippen molar-refractivity contribution in [2.75, 3.05) is 6.54 Å². The van der Waals surface area contributed by atoms with Crippen LogP contribution >= 0.6 is 11.6 Å². The first-order valence-electron chi connectivity index (χ1n) is 6.34. The van der Waals surface area contributed by atoms with E-state index in [9.17, 15) is 0 Å². The van der Waals surface area contributed by atoms with Gasteiger partial charge in [-0.1, -0.05) is 30.2 Å². The Morgan fingerprint density at radius 3 is 3.00 bits per heavy atom. The fourth-order valence-corrected chi connectivity index (χ4v) is 2.62. The maximum Gasteiger partial charge on any atom is 0.0640 e. The largest absolute Gasteiger partial charge is 0.307 e. The first kappa shape index (κ1) is 12.6. The van der Waals surface area contributed by atoms with Crippen LogP contribution in [0.25, 0.3) is 0 Å². The van der Waals surface area contributed by atoms with Gasteiger partial charge in [-0.15, -0.1) is 0 Å². The second-order valence-electron chi connectivity index (χ2n) is 4.41. The zero-order chi connectivity index (χ0) is 12.1. The van der Waals surface area contributed by atoms with Gasteiger partial charge in [0.05, 0.1) is 11.1 Å². The van der Waals surface area contributed by atoms with Gasteiger partial charge in [-0.25, -0.2) is 0 Å². The maximum atomic E-state index is 6.24. The lowest BCUT2D eigenvalue weighted by Gasteiger charge is -2.25. The van der Waals surface area contributed by atoms with E-state index in [4.69, 9.17) is 11.6 Å². The van der Waals surface area contributed by atoms with Crippen LogP contribution in [0.15, 0.2) is 30.1 Å². The van der Waals surface area contributed by atoms with Crippen molar-refractivity contribution >= 4 is 11.6 Å². The minimum Gasteiger partial charge on any atom is -0.307 e. The molecule has 0 bridgehead atoms. The van der Waals surface area contributed by atoms with E-state index in [1.807, 2.05) is 12.3 Å². The molecule has 3 heteroatoms. The summed E-state index contributed by atoms with van der Waals surface area (Å²) in [6.07, 6.45) is 10.9. The van der Waals surface area contributed by atoms with Crippen molar-refractivity contribution in [1.29, 1.82) is 0 Å². The van der Waals surface area contributed by atoms with Gasteiger partial charge in [-0.2, -0.15) is 0 Å². The van der Waals surface area contributed by atoms with Crippen LogP contribution in [0.3, 0.4) is 0 Å². The highest BCUT2D eigenvalue weighted by Crippen LogP contribution is 2.32. The summed E-state index contributed by atoms with van der Waals surface area (Å²) in [5.74, 6) is 0. The SMILES string of the molecule is CCNC(C1=CCCCC1)c1ccncc1Cl. The molecule has 1 unspecified atom stereocenters. The van der Waals surface area contributed by atoms with E-state index in [1.54, 1.807) is 6.20 Å². The number of rotatable bonds is 4. The molecule has 0 aromatic carbocycles. The Hall–Kier alpha value is -0.860. The van der Waals surface area contributed by atoms with E-state index in [0.29, 0.717) is 0 Å². The van der Waals surface area contributed by atoms with Crippen LogP contribution in [0.1, 0.15) is 44.2 Å². The summed E-state index contributed by atoms with van der Waals surface area (Å²) in [7, 11) is 0. The Balaban J connectivity index is 2.28. The number of nitrogens with one attached hydrogen (secondary N) is 1. The van der Waals surface area contributed by atoms with Crippen molar-refractivity contribution in [3.05, 3.63) is 40.7 Å². The van der Waals surface area contributed by atoms with Crippen LogP contribution in [-0.4, -0.2) is 11.5 Å².